The third-order valence-corrected chi connectivity index (χ3v) is 2.76. The Morgan fingerprint density at radius 3 is 2.60 bits per heavy atom. The number of nitrogens with two attached hydrogens (primary N) is 1. The van der Waals surface area contributed by atoms with E-state index in [9.17, 15) is 8.78 Å². The number of hydrogen-bond acceptors (Lipinski definition) is 2. The Kier molecular flexibility index (Phi) is 2.38. The number of halogens is 2. The van der Waals surface area contributed by atoms with Crippen LogP contribution in [0, 0.1) is 11.6 Å². The molecule has 0 amide bonds. The lowest BCUT2D eigenvalue weighted by atomic mass is 10.0. The van der Waals surface area contributed by atoms with Crippen LogP contribution in [0.4, 0.5) is 8.78 Å². The van der Waals surface area contributed by atoms with Gasteiger partial charge in [0.05, 0.1) is 7.11 Å². The highest BCUT2D eigenvalue weighted by Crippen LogP contribution is 2.38. The third-order valence-electron chi connectivity index (χ3n) is 2.76. The quantitative estimate of drug-likeness (QED) is 0.833. The van der Waals surface area contributed by atoms with Gasteiger partial charge in [0.2, 0.25) is 0 Å². The maximum atomic E-state index is 13.5. The Bertz CT molecular complexity index is 388. The number of ether oxygens (including phenoxy) is 1. The fourth-order valence-electron chi connectivity index (χ4n) is 1.62. The van der Waals surface area contributed by atoms with Crippen molar-refractivity contribution in [2.24, 2.45) is 5.73 Å². The van der Waals surface area contributed by atoms with Gasteiger partial charge < -0.3 is 10.5 Å². The van der Waals surface area contributed by atoms with Crippen molar-refractivity contribution in [2.45, 2.75) is 24.8 Å². The second kappa shape index (κ2) is 3.45. The molecule has 1 aliphatic carbocycles. The molecule has 0 unspecified atom stereocenters. The molecule has 4 heteroatoms. The fraction of sp³-hybridized carbons (Fsp3) is 0.455. The van der Waals surface area contributed by atoms with Gasteiger partial charge in [-0.1, -0.05) is 0 Å². The summed E-state index contributed by atoms with van der Waals surface area (Å²) < 4.78 is 31.3. The molecule has 15 heavy (non-hydrogen) atoms. The van der Waals surface area contributed by atoms with Crippen molar-refractivity contribution >= 4 is 0 Å². The molecule has 1 aromatic rings. The van der Waals surface area contributed by atoms with Crippen LogP contribution < -0.4 is 10.5 Å². The fourth-order valence-corrected chi connectivity index (χ4v) is 1.62. The monoisotopic (exact) mass is 213 g/mol. The Morgan fingerprint density at radius 1 is 1.40 bits per heavy atom. The molecule has 82 valence electrons. The number of rotatable bonds is 3. The van der Waals surface area contributed by atoms with Crippen LogP contribution in [-0.4, -0.2) is 12.6 Å². The molecule has 2 nitrogen and oxygen atoms in total. The summed E-state index contributed by atoms with van der Waals surface area (Å²) in [6, 6.07) is 2.05. The van der Waals surface area contributed by atoms with E-state index in [-0.39, 0.29) is 11.3 Å². The molecule has 1 aromatic carbocycles. The van der Waals surface area contributed by atoms with Crippen molar-refractivity contribution in [3.05, 3.63) is 29.3 Å². The van der Waals surface area contributed by atoms with Crippen LogP contribution in [0.3, 0.4) is 0 Å². The first kappa shape index (κ1) is 10.4. The Morgan fingerprint density at radius 2 is 2.07 bits per heavy atom. The minimum Gasteiger partial charge on any atom is -0.496 e. The first-order valence-corrected chi connectivity index (χ1v) is 4.85. The molecule has 1 saturated carbocycles. The van der Waals surface area contributed by atoms with Gasteiger partial charge in [0.1, 0.15) is 17.4 Å². The largest absolute Gasteiger partial charge is 0.496 e. The lowest BCUT2D eigenvalue weighted by Crippen LogP contribution is -2.25. The molecule has 1 aliphatic rings. The Hall–Kier alpha value is -1.16. The van der Waals surface area contributed by atoms with Crippen molar-refractivity contribution in [3.63, 3.8) is 0 Å². The van der Waals surface area contributed by atoms with Crippen LogP contribution >= 0.6 is 0 Å². The summed E-state index contributed by atoms with van der Waals surface area (Å²) in [7, 11) is 1.40. The number of hydrogen-bond donors (Lipinski definition) is 1. The molecule has 0 atom stereocenters. The smallest absolute Gasteiger partial charge is 0.133 e. The first-order valence-electron chi connectivity index (χ1n) is 4.85. The van der Waals surface area contributed by atoms with E-state index in [0.717, 1.165) is 18.9 Å². The minimum absolute atomic E-state index is 0.240. The second-order valence-electron chi connectivity index (χ2n) is 4.11. The van der Waals surface area contributed by atoms with Crippen LogP contribution in [0.2, 0.25) is 0 Å². The van der Waals surface area contributed by atoms with Gasteiger partial charge in [-0.25, -0.2) is 8.78 Å². The van der Waals surface area contributed by atoms with Gasteiger partial charge in [-0.2, -0.15) is 0 Å². The summed E-state index contributed by atoms with van der Waals surface area (Å²) in [5, 5.41) is 0. The molecule has 2 rings (SSSR count). The van der Waals surface area contributed by atoms with Gasteiger partial charge in [-0.05, 0) is 19.3 Å². The van der Waals surface area contributed by atoms with Crippen LogP contribution in [0.1, 0.15) is 18.4 Å². The molecule has 2 N–H and O–H groups in total. The van der Waals surface area contributed by atoms with Crippen molar-refractivity contribution in [3.8, 4) is 5.75 Å². The van der Waals surface area contributed by atoms with Crippen molar-refractivity contribution < 1.29 is 13.5 Å². The lowest BCUT2D eigenvalue weighted by Gasteiger charge is -2.13. The first-order chi connectivity index (χ1) is 7.04. The summed E-state index contributed by atoms with van der Waals surface area (Å²) in [5.41, 5.74) is 5.95. The summed E-state index contributed by atoms with van der Waals surface area (Å²) in [5.74, 6) is -0.970. The van der Waals surface area contributed by atoms with E-state index < -0.39 is 11.6 Å². The second-order valence-corrected chi connectivity index (χ2v) is 4.11. The van der Waals surface area contributed by atoms with Gasteiger partial charge in [0, 0.05) is 23.2 Å². The Balaban J connectivity index is 2.35. The Labute approximate surface area is 87.0 Å². The lowest BCUT2D eigenvalue weighted by molar-refractivity contribution is 0.396. The topological polar surface area (TPSA) is 35.2 Å². The van der Waals surface area contributed by atoms with E-state index in [1.165, 1.54) is 13.2 Å². The summed E-state index contributed by atoms with van der Waals surface area (Å²) >= 11 is 0. The predicted octanol–water partition coefficient (Wildman–Crippen LogP) is 2.01. The average molecular weight is 213 g/mol. The van der Waals surface area contributed by atoms with Crippen LogP contribution in [0.5, 0.6) is 5.75 Å². The zero-order valence-electron chi connectivity index (χ0n) is 8.52. The molecule has 0 aromatic heterocycles. The maximum Gasteiger partial charge on any atom is 0.133 e. The van der Waals surface area contributed by atoms with Crippen molar-refractivity contribution in [2.75, 3.05) is 7.11 Å². The molecule has 0 spiro atoms. The highest BCUT2D eigenvalue weighted by Gasteiger charge is 2.39. The number of benzene rings is 1. The van der Waals surface area contributed by atoms with E-state index in [1.54, 1.807) is 0 Å². The zero-order chi connectivity index (χ0) is 11.1. The third kappa shape index (κ3) is 2.09. The highest BCUT2D eigenvalue weighted by atomic mass is 19.1. The standard InChI is InChI=1S/C11H13F2NO/c1-15-10-5-7(12)4-9(13)8(10)6-11(14)2-3-11/h4-5H,2-3,6,14H2,1H3. The van der Waals surface area contributed by atoms with E-state index in [4.69, 9.17) is 10.5 Å². The zero-order valence-corrected chi connectivity index (χ0v) is 8.52. The van der Waals surface area contributed by atoms with E-state index in [1.807, 2.05) is 0 Å². The molecule has 0 saturated heterocycles. The molecular weight excluding hydrogens is 200 g/mol. The molecule has 0 heterocycles. The van der Waals surface area contributed by atoms with Crippen molar-refractivity contribution in [1.82, 2.24) is 0 Å². The van der Waals surface area contributed by atoms with Gasteiger partial charge in [-0.3, -0.25) is 0 Å². The van der Waals surface area contributed by atoms with Gasteiger partial charge >= 0.3 is 0 Å². The highest BCUT2D eigenvalue weighted by molar-refractivity contribution is 5.37. The van der Waals surface area contributed by atoms with Crippen LogP contribution in [-0.2, 0) is 6.42 Å². The summed E-state index contributed by atoms with van der Waals surface area (Å²) in [6.07, 6.45) is 2.17. The van der Waals surface area contributed by atoms with Gasteiger partial charge in [0.25, 0.3) is 0 Å². The van der Waals surface area contributed by atoms with Crippen LogP contribution in [0.15, 0.2) is 12.1 Å². The summed E-state index contributed by atoms with van der Waals surface area (Å²) in [4.78, 5) is 0. The minimum atomic E-state index is -0.630. The van der Waals surface area contributed by atoms with Crippen molar-refractivity contribution in [1.29, 1.82) is 0 Å². The molecule has 0 radical (unpaired) electrons. The molecule has 1 fully saturated rings. The van der Waals surface area contributed by atoms with E-state index >= 15 is 0 Å². The van der Waals surface area contributed by atoms with Crippen LogP contribution in [0.25, 0.3) is 0 Å². The SMILES string of the molecule is COc1cc(F)cc(F)c1CC1(N)CC1. The van der Waals surface area contributed by atoms with E-state index in [0.29, 0.717) is 12.0 Å². The normalized spacial score (nSPS) is 17.6. The molecular formula is C11H13F2NO. The van der Waals surface area contributed by atoms with Gasteiger partial charge in [-0.15, -0.1) is 0 Å². The predicted molar refractivity (Wildman–Crippen MR) is 52.8 cm³/mol. The van der Waals surface area contributed by atoms with Gasteiger partial charge in [0.15, 0.2) is 0 Å². The molecule has 0 aliphatic heterocycles. The van der Waals surface area contributed by atoms with E-state index in [2.05, 4.69) is 0 Å². The number of methoxy groups -OCH3 is 1. The summed E-state index contributed by atoms with van der Waals surface area (Å²) in [6.45, 7) is 0. The average Bonchev–Trinajstić information content (AvgIpc) is 2.88. The molecule has 0 bridgehead atoms. The maximum absolute atomic E-state index is 13.5.